The lowest BCUT2D eigenvalue weighted by atomic mass is 9.88. The number of phosphoric acid groups is 1. The van der Waals surface area contributed by atoms with Crippen LogP contribution in [-0.4, -0.2) is 88.0 Å². The summed E-state index contributed by atoms with van der Waals surface area (Å²) in [6, 6.07) is 0.922. The van der Waals surface area contributed by atoms with Crippen LogP contribution in [-0.2, 0) is 41.8 Å². The van der Waals surface area contributed by atoms with Gasteiger partial charge in [0.1, 0.15) is 18.4 Å². The first-order valence-corrected chi connectivity index (χ1v) is 13.6. The van der Waals surface area contributed by atoms with Gasteiger partial charge < -0.3 is 33.9 Å². The van der Waals surface area contributed by atoms with Crippen LogP contribution >= 0.6 is 7.82 Å². The van der Waals surface area contributed by atoms with Crippen LogP contribution in [0.4, 0.5) is 14.0 Å². The zero-order valence-electron chi connectivity index (χ0n) is 23.1. The Labute approximate surface area is 233 Å². The van der Waals surface area contributed by atoms with E-state index in [9.17, 15) is 38.3 Å². The van der Waals surface area contributed by atoms with Crippen LogP contribution in [0.3, 0.4) is 0 Å². The number of H-pyrrole nitrogens is 1. The maximum absolute atomic E-state index is 14.4. The molecule has 0 saturated carbocycles. The van der Waals surface area contributed by atoms with Gasteiger partial charge in [0.05, 0.1) is 18.8 Å². The molecule has 1 aliphatic heterocycles. The lowest BCUT2D eigenvalue weighted by Gasteiger charge is -2.31. The molecule has 19 heteroatoms. The van der Waals surface area contributed by atoms with E-state index in [1.807, 2.05) is 4.98 Å². The molecule has 0 bridgehead atoms. The molecule has 1 aromatic heterocycles. The smallest absolute Gasteiger partial charge is 0.432 e. The van der Waals surface area contributed by atoms with E-state index in [4.69, 9.17) is 32.5 Å². The first-order chi connectivity index (χ1) is 18.9. The monoisotopic (exact) mass is 616 g/mol. The third-order valence-corrected chi connectivity index (χ3v) is 6.71. The van der Waals surface area contributed by atoms with Gasteiger partial charge in [0.2, 0.25) is 13.1 Å². The molecule has 1 saturated heterocycles. The van der Waals surface area contributed by atoms with Gasteiger partial charge in [-0.05, 0) is 41.5 Å². The summed E-state index contributed by atoms with van der Waals surface area (Å²) in [6.45, 7) is 4.45. The van der Waals surface area contributed by atoms with Gasteiger partial charge >= 0.3 is 25.8 Å². The summed E-state index contributed by atoms with van der Waals surface area (Å²) >= 11 is 0. The molecule has 234 valence electrons. The number of nitrogens with zero attached hydrogens (tertiary/aromatic N) is 1. The van der Waals surface area contributed by atoms with E-state index in [2.05, 4.69) is 4.74 Å². The summed E-state index contributed by atoms with van der Waals surface area (Å²) < 4.78 is 68.2. The molecule has 1 aliphatic rings. The third kappa shape index (κ3) is 9.06. The van der Waals surface area contributed by atoms with Crippen molar-refractivity contribution in [3.8, 4) is 0 Å². The minimum atomic E-state index is -4.96. The Morgan fingerprint density at radius 1 is 1.12 bits per heavy atom. The van der Waals surface area contributed by atoms with E-state index in [1.54, 1.807) is 0 Å². The SMILES string of the molecule is CC(C)OC(=O)OCOP(=O)(OC[C@@]1(CF)O[C@@H](n2ccc(=O)[nH]c2=O)[C@](C)(O)[C@@H]1O)OC(C)OC(=O)OC(C)C. The first kappa shape index (κ1) is 34.3. The molecule has 1 aromatic rings. The number of nitrogens with one attached hydrogen (secondary N) is 1. The summed E-state index contributed by atoms with van der Waals surface area (Å²) in [6.07, 6.45) is -8.16. The molecule has 0 aliphatic carbocycles. The standard InChI is InChI=1S/C22H34FN2O15P/c1-12(2)36-19(29)33-11-35-41(32,40-14(5)38-20(30)37-13(3)4)34-10-22(9-23)16(27)21(6,31)17(39-22)25-8-7-15(26)24-18(25)28/h7-8,12-14,16-17,27,31H,9-11H2,1-6H3,(H,24,26,28)/t14?,16-,17+,21+,22+,41?/m0/s1. The van der Waals surface area contributed by atoms with Gasteiger partial charge in [0.15, 0.2) is 11.8 Å². The van der Waals surface area contributed by atoms with Gasteiger partial charge in [0, 0.05) is 12.3 Å². The average Bonchev–Trinajstić information content (AvgIpc) is 3.02. The molecule has 41 heavy (non-hydrogen) atoms. The predicted octanol–water partition coefficient (Wildman–Crippen LogP) is 1.47. The van der Waals surface area contributed by atoms with Crippen LogP contribution < -0.4 is 11.2 Å². The molecule has 6 atom stereocenters. The molecule has 0 amide bonds. The van der Waals surface area contributed by atoms with Crippen LogP contribution in [0.25, 0.3) is 0 Å². The van der Waals surface area contributed by atoms with Crippen LogP contribution in [0.2, 0.25) is 0 Å². The van der Waals surface area contributed by atoms with Crippen LogP contribution in [0.1, 0.15) is 47.8 Å². The summed E-state index contributed by atoms with van der Waals surface area (Å²) in [5.74, 6) is 0. The van der Waals surface area contributed by atoms with Crippen molar-refractivity contribution in [2.45, 2.75) is 83.6 Å². The molecule has 2 heterocycles. The average molecular weight is 616 g/mol. The highest BCUT2D eigenvalue weighted by Gasteiger charge is 2.63. The largest absolute Gasteiger partial charge is 0.510 e. The predicted molar refractivity (Wildman–Crippen MR) is 132 cm³/mol. The molecule has 0 aromatic carbocycles. The molecule has 1 fully saturated rings. The van der Waals surface area contributed by atoms with Crippen molar-refractivity contribution < 1.29 is 66.0 Å². The number of carbonyl (C=O) groups excluding carboxylic acids is 2. The van der Waals surface area contributed by atoms with Crippen LogP contribution in [0.5, 0.6) is 0 Å². The van der Waals surface area contributed by atoms with Crippen LogP contribution in [0.15, 0.2) is 21.9 Å². The summed E-state index contributed by atoms with van der Waals surface area (Å²) in [4.78, 5) is 49.1. The topological polar surface area (TPSA) is 220 Å². The highest BCUT2D eigenvalue weighted by atomic mass is 31.2. The van der Waals surface area contributed by atoms with Gasteiger partial charge in [-0.2, -0.15) is 0 Å². The van der Waals surface area contributed by atoms with Crippen molar-refractivity contribution in [1.29, 1.82) is 0 Å². The maximum Gasteiger partial charge on any atom is 0.510 e. The van der Waals surface area contributed by atoms with E-state index >= 15 is 0 Å². The Kier molecular flexibility index (Phi) is 11.6. The lowest BCUT2D eigenvalue weighted by molar-refractivity contribution is -0.144. The van der Waals surface area contributed by atoms with E-state index in [0.29, 0.717) is 4.57 Å². The number of carbonyl (C=O) groups is 2. The summed E-state index contributed by atoms with van der Waals surface area (Å²) in [5, 5.41) is 21.8. The van der Waals surface area contributed by atoms with Gasteiger partial charge in [-0.25, -0.2) is 32.4 Å². The number of aromatic nitrogens is 2. The number of aliphatic hydroxyl groups excluding tert-OH is 1. The number of aliphatic hydroxyl groups is 2. The highest BCUT2D eigenvalue weighted by molar-refractivity contribution is 7.48. The molecular weight excluding hydrogens is 582 g/mol. The second-order valence-electron chi connectivity index (χ2n) is 9.55. The Balaban J connectivity index is 2.28. The third-order valence-electron chi connectivity index (χ3n) is 5.29. The van der Waals surface area contributed by atoms with Gasteiger partial charge in [-0.15, -0.1) is 0 Å². The fourth-order valence-corrected chi connectivity index (χ4v) is 4.65. The number of hydrogen-bond acceptors (Lipinski definition) is 15. The van der Waals surface area contributed by atoms with Crippen molar-refractivity contribution in [3.05, 3.63) is 33.1 Å². The number of alkyl halides is 1. The Morgan fingerprint density at radius 2 is 1.73 bits per heavy atom. The second kappa shape index (κ2) is 13.9. The van der Waals surface area contributed by atoms with Crippen molar-refractivity contribution >= 4 is 20.1 Å². The quantitative estimate of drug-likeness (QED) is 0.162. The minimum Gasteiger partial charge on any atom is -0.432 e. The number of ether oxygens (including phenoxy) is 5. The van der Waals surface area contributed by atoms with Gasteiger partial charge in [-0.1, -0.05) is 0 Å². The zero-order valence-corrected chi connectivity index (χ0v) is 24.0. The molecule has 2 unspecified atom stereocenters. The number of hydrogen-bond donors (Lipinski definition) is 3. The van der Waals surface area contributed by atoms with Crippen LogP contribution in [0, 0.1) is 0 Å². The molecule has 2 rings (SSSR count). The fourth-order valence-electron chi connectivity index (χ4n) is 3.49. The van der Waals surface area contributed by atoms with Crippen molar-refractivity contribution in [1.82, 2.24) is 9.55 Å². The summed E-state index contributed by atoms with van der Waals surface area (Å²) in [5.41, 5.74) is -6.66. The fraction of sp³-hybridized carbons (Fsp3) is 0.727. The van der Waals surface area contributed by atoms with Crippen molar-refractivity contribution in [3.63, 3.8) is 0 Å². The maximum atomic E-state index is 14.4. The second-order valence-corrected chi connectivity index (χ2v) is 11.2. The first-order valence-electron chi connectivity index (χ1n) is 12.2. The molecular formula is C22H34FN2O15P. The summed E-state index contributed by atoms with van der Waals surface area (Å²) in [7, 11) is -4.96. The van der Waals surface area contributed by atoms with Gasteiger partial charge in [-0.3, -0.25) is 18.9 Å². The van der Waals surface area contributed by atoms with E-state index in [1.165, 1.54) is 27.7 Å². The molecule has 3 N–H and O–H groups in total. The highest BCUT2D eigenvalue weighted by Crippen LogP contribution is 2.53. The van der Waals surface area contributed by atoms with Crippen molar-refractivity contribution in [2.24, 2.45) is 0 Å². The van der Waals surface area contributed by atoms with E-state index in [-0.39, 0.29) is 0 Å². The number of halogens is 1. The molecule has 17 nitrogen and oxygen atoms in total. The molecule has 0 spiro atoms. The number of aromatic amines is 1. The Morgan fingerprint density at radius 3 is 2.29 bits per heavy atom. The zero-order chi connectivity index (χ0) is 31.2. The lowest BCUT2D eigenvalue weighted by Crippen LogP contribution is -2.53. The number of rotatable bonds is 13. The van der Waals surface area contributed by atoms with E-state index < -0.39 is 93.5 Å². The van der Waals surface area contributed by atoms with Gasteiger partial charge in [0.25, 0.3) is 5.56 Å². The molecule has 0 radical (unpaired) electrons. The minimum absolute atomic E-state index is 0.566. The Bertz CT molecular complexity index is 1220. The van der Waals surface area contributed by atoms with E-state index in [0.717, 1.165) is 26.1 Å². The number of phosphoric ester groups is 1. The normalized spacial score (nSPS) is 26.4. The Hall–Kier alpha value is -2.86. The van der Waals surface area contributed by atoms with Crippen molar-refractivity contribution in [2.75, 3.05) is 20.1 Å².